The summed E-state index contributed by atoms with van der Waals surface area (Å²) < 4.78 is 34.8. The average molecular weight is 333 g/mol. The van der Waals surface area contributed by atoms with Gasteiger partial charge in [0, 0.05) is 17.5 Å². The van der Waals surface area contributed by atoms with E-state index in [0.29, 0.717) is 16.7 Å². The summed E-state index contributed by atoms with van der Waals surface area (Å²) in [5, 5.41) is 0.447. The molecule has 0 aliphatic rings. The zero-order chi connectivity index (χ0) is 16.3. The number of sulfonamides is 1. The van der Waals surface area contributed by atoms with Gasteiger partial charge in [-0.2, -0.15) is 0 Å². The molecule has 0 aliphatic heterocycles. The Balaban J connectivity index is 1.74. The summed E-state index contributed by atoms with van der Waals surface area (Å²) in [4.78, 5) is 7.12. The van der Waals surface area contributed by atoms with Crippen LogP contribution in [0.1, 0.15) is 5.56 Å². The summed E-state index contributed by atoms with van der Waals surface area (Å²) in [7, 11) is -2.36. The van der Waals surface area contributed by atoms with Crippen LogP contribution in [0.5, 0.6) is 5.75 Å². The second-order valence-electron chi connectivity index (χ2n) is 4.83. The molecule has 3 aromatic rings. The molecule has 7 heteroatoms. The first-order valence-electron chi connectivity index (χ1n) is 6.83. The first-order chi connectivity index (χ1) is 11.1. The van der Waals surface area contributed by atoms with E-state index in [1.54, 1.807) is 18.2 Å². The molecule has 3 rings (SSSR count). The van der Waals surface area contributed by atoms with Crippen molar-refractivity contribution in [3.63, 3.8) is 0 Å². The van der Waals surface area contributed by atoms with Crippen LogP contribution in [-0.2, 0) is 21.5 Å². The lowest BCUT2D eigenvalue weighted by Gasteiger charge is -2.04. The summed E-state index contributed by atoms with van der Waals surface area (Å²) in [6.45, 7) is 0.119. The Kier molecular flexibility index (Phi) is 4.33. The molecule has 0 saturated carbocycles. The molecule has 0 amide bonds. The van der Waals surface area contributed by atoms with E-state index in [4.69, 9.17) is 14.0 Å². The van der Waals surface area contributed by atoms with Crippen molar-refractivity contribution in [3.05, 3.63) is 60.2 Å². The van der Waals surface area contributed by atoms with Crippen LogP contribution in [0.15, 0.2) is 64.1 Å². The molecule has 23 heavy (non-hydrogen) atoms. The van der Waals surface area contributed by atoms with E-state index in [2.05, 4.69) is 4.89 Å². The van der Waals surface area contributed by atoms with E-state index >= 15 is 0 Å². The van der Waals surface area contributed by atoms with Gasteiger partial charge in [0.1, 0.15) is 11.3 Å². The molecule has 1 aromatic heterocycles. The predicted molar refractivity (Wildman–Crippen MR) is 84.3 cm³/mol. The maximum Gasteiger partial charge on any atom is 0.295 e. The van der Waals surface area contributed by atoms with Crippen LogP contribution >= 0.6 is 0 Å². The Labute approximate surface area is 133 Å². The lowest BCUT2D eigenvalue weighted by atomic mass is 10.2. The molecule has 0 radical (unpaired) electrons. The highest BCUT2D eigenvalue weighted by Crippen LogP contribution is 2.26. The van der Waals surface area contributed by atoms with Gasteiger partial charge >= 0.3 is 0 Å². The molecule has 1 N–H and O–H groups in total. The van der Waals surface area contributed by atoms with Gasteiger partial charge in [-0.15, -0.1) is 0 Å². The average Bonchev–Trinajstić information content (AvgIpc) is 2.99. The number of nitrogens with one attached hydrogen (secondary N) is 1. The standard InChI is InChI=1S/C16H15NO5S/c1-20-14-8-7-13-9-16(22-15(13)10-14)23(18,19)17-21-11-12-5-3-2-4-6-12/h2-10,17H,11H2,1H3. The van der Waals surface area contributed by atoms with Crippen LogP contribution in [-0.4, -0.2) is 15.5 Å². The molecule has 0 unspecified atom stereocenters. The fourth-order valence-corrected chi connectivity index (χ4v) is 2.83. The summed E-state index contributed by atoms with van der Waals surface area (Å²) in [6, 6.07) is 15.7. The Bertz CT molecular complexity index is 903. The largest absolute Gasteiger partial charge is 0.497 e. The van der Waals surface area contributed by atoms with Gasteiger partial charge in [0.05, 0.1) is 13.7 Å². The lowest BCUT2D eigenvalue weighted by Crippen LogP contribution is -2.23. The second-order valence-corrected chi connectivity index (χ2v) is 6.41. The van der Waals surface area contributed by atoms with Gasteiger partial charge in [0.2, 0.25) is 5.09 Å². The summed E-state index contributed by atoms with van der Waals surface area (Å²) in [5.74, 6) is 0.587. The van der Waals surface area contributed by atoms with Crippen LogP contribution in [0.3, 0.4) is 0 Å². The summed E-state index contributed by atoms with van der Waals surface area (Å²) >= 11 is 0. The van der Waals surface area contributed by atoms with Crippen LogP contribution < -0.4 is 9.62 Å². The van der Waals surface area contributed by atoms with Crippen LogP contribution in [0.25, 0.3) is 11.0 Å². The predicted octanol–water partition coefficient (Wildman–Crippen LogP) is 2.85. The number of hydrogen-bond donors (Lipinski definition) is 1. The number of furan rings is 1. The molecule has 0 bridgehead atoms. The topological polar surface area (TPSA) is 77.8 Å². The SMILES string of the molecule is COc1ccc2cc(S(=O)(=O)NOCc3ccccc3)oc2c1. The molecule has 0 fully saturated rings. The molecule has 0 saturated heterocycles. The molecule has 0 aliphatic carbocycles. The van der Waals surface area contributed by atoms with Crippen molar-refractivity contribution in [2.24, 2.45) is 0 Å². The zero-order valence-electron chi connectivity index (χ0n) is 12.4. The third-order valence-corrected chi connectivity index (χ3v) is 4.29. The number of hydrogen-bond acceptors (Lipinski definition) is 5. The number of rotatable bonds is 6. The Morgan fingerprint density at radius 2 is 1.87 bits per heavy atom. The zero-order valence-corrected chi connectivity index (χ0v) is 13.2. The van der Waals surface area contributed by atoms with Crippen molar-refractivity contribution < 1.29 is 22.4 Å². The van der Waals surface area contributed by atoms with E-state index in [-0.39, 0.29) is 11.7 Å². The van der Waals surface area contributed by atoms with Crippen molar-refractivity contribution in [3.8, 4) is 5.75 Å². The Morgan fingerprint density at radius 1 is 1.09 bits per heavy atom. The number of ether oxygens (including phenoxy) is 1. The number of benzene rings is 2. The van der Waals surface area contributed by atoms with Gasteiger partial charge < -0.3 is 9.15 Å². The van der Waals surface area contributed by atoms with Crippen molar-refractivity contribution in [2.75, 3.05) is 7.11 Å². The molecule has 6 nitrogen and oxygen atoms in total. The second kappa shape index (κ2) is 6.41. The smallest absolute Gasteiger partial charge is 0.295 e. The van der Waals surface area contributed by atoms with Gasteiger partial charge in [-0.1, -0.05) is 35.2 Å². The van der Waals surface area contributed by atoms with Crippen LogP contribution in [0.4, 0.5) is 0 Å². The monoisotopic (exact) mass is 333 g/mol. The minimum Gasteiger partial charge on any atom is -0.497 e. The van der Waals surface area contributed by atoms with Crippen LogP contribution in [0, 0.1) is 0 Å². The quantitative estimate of drug-likeness (QED) is 0.702. The van der Waals surface area contributed by atoms with E-state index in [1.807, 2.05) is 30.3 Å². The molecule has 1 heterocycles. The van der Waals surface area contributed by atoms with Gasteiger partial charge in [-0.05, 0) is 17.7 Å². The van der Waals surface area contributed by atoms with E-state index in [9.17, 15) is 8.42 Å². The molecule has 2 aromatic carbocycles. The minimum absolute atomic E-state index is 0.119. The van der Waals surface area contributed by atoms with Crippen molar-refractivity contribution in [2.45, 2.75) is 11.7 Å². The first-order valence-corrected chi connectivity index (χ1v) is 8.32. The lowest BCUT2D eigenvalue weighted by molar-refractivity contribution is 0.0785. The molecular formula is C16H15NO5S. The first kappa shape index (κ1) is 15.5. The molecule has 120 valence electrons. The molecule has 0 spiro atoms. The maximum atomic E-state index is 12.2. The van der Waals surface area contributed by atoms with Gasteiger partial charge in [0.15, 0.2) is 0 Å². The summed E-state index contributed by atoms with van der Waals surface area (Å²) in [6.07, 6.45) is 0. The van der Waals surface area contributed by atoms with E-state index in [1.165, 1.54) is 13.2 Å². The minimum atomic E-state index is -3.89. The fourth-order valence-electron chi connectivity index (χ4n) is 2.05. The van der Waals surface area contributed by atoms with E-state index in [0.717, 1.165) is 5.56 Å². The molecule has 0 atom stereocenters. The fraction of sp³-hybridized carbons (Fsp3) is 0.125. The van der Waals surface area contributed by atoms with Crippen molar-refractivity contribution in [1.82, 2.24) is 4.89 Å². The Morgan fingerprint density at radius 3 is 2.61 bits per heavy atom. The number of fused-ring (bicyclic) bond motifs is 1. The third kappa shape index (κ3) is 3.53. The summed E-state index contributed by atoms with van der Waals surface area (Å²) in [5.41, 5.74) is 1.28. The molecular weight excluding hydrogens is 318 g/mol. The maximum absolute atomic E-state index is 12.2. The van der Waals surface area contributed by atoms with Gasteiger partial charge in [-0.3, -0.25) is 4.84 Å². The van der Waals surface area contributed by atoms with Crippen LogP contribution in [0.2, 0.25) is 0 Å². The normalized spacial score (nSPS) is 11.7. The highest BCUT2D eigenvalue weighted by atomic mass is 32.2. The van der Waals surface area contributed by atoms with Crippen molar-refractivity contribution >= 4 is 21.0 Å². The van der Waals surface area contributed by atoms with Gasteiger partial charge in [-0.25, -0.2) is 8.42 Å². The third-order valence-electron chi connectivity index (χ3n) is 3.22. The van der Waals surface area contributed by atoms with Crippen molar-refractivity contribution in [1.29, 1.82) is 0 Å². The number of methoxy groups -OCH3 is 1. The highest BCUT2D eigenvalue weighted by molar-refractivity contribution is 7.89. The van der Waals surface area contributed by atoms with Gasteiger partial charge in [0.25, 0.3) is 10.0 Å². The highest BCUT2D eigenvalue weighted by Gasteiger charge is 2.20. The Hall–Kier alpha value is -2.35. The van der Waals surface area contributed by atoms with E-state index < -0.39 is 10.0 Å².